The summed E-state index contributed by atoms with van der Waals surface area (Å²) in [7, 11) is 0. The Morgan fingerprint density at radius 2 is 2.00 bits per heavy atom. The third-order valence-corrected chi connectivity index (χ3v) is 2.79. The molecular formula is C11H12O4. The van der Waals surface area contributed by atoms with E-state index in [0.717, 1.165) is 12.8 Å². The van der Waals surface area contributed by atoms with Gasteiger partial charge in [-0.1, -0.05) is 6.42 Å². The standard InChI is InChI=1S/C11H12O4/c12-8(6-7-2-1-3-7)9-4-5-10(15-9)11(13)14/h4-5,7H,1-3,6H2,(H,13,14). The van der Waals surface area contributed by atoms with Crippen molar-refractivity contribution < 1.29 is 19.1 Å². The van der Waals surface area contributed by atoms with Gasteiger partial charge in [-0.25, -0.2) is 4.79 Å². The molecule has 0 amide bonds. The minimum Gasteiger partial charge on any atom is -0.475 e. The lowest BCUT2D eigenvalue weighted by Gasteiger charge is -2.23. The summed E-state index contributed by atoms with van der Waals surface area (Å²) in [5.74, 6) is -0.771. The number of furan rings is 1. The third-order valence-electron chi connectivity index (χ3n) is 2.79. The summed E-state index contributed by atoms with van der Waals surface area (Å²) in [5.41, 5.74) is 0. The Labute approximate surface area is 86.9 Å². The maximum absolute atomic E-state index is 11.6. The molecule has 0 atom stereocenters. The van der Waals surface area contributed by atoms with E-state index in [1.54, 1.807) is 0 Å². The second kappa shape index (κ2) is 3.88. The van der Waals surface area contributed by atoms with Crippen LogP contribution in [0.15, 0.2) is 16.5 Å². The van der Waals surface area contributed by atoms with Crippen LogP contribution in [0, 0.1) is 5.92 Å². The van der Waals surface area contributed by atoms with Crippen molar-refractivity contribution in [3.63, 3.8) is 0 Å². The molecule has 1 saturated carbocycles. The van der Waals surface area contributed by atoms with E-state index in [1.807, 2.05) is 0 Å². The number of rotatable bonds is 4. The number of carboxylic acid groups (broad SMARTS) is 1. The minimum absolute atomic E-state index is 0.0906. The summed E-state index contributed by atoms with van der Waals surface area (Å²) in [6, 6.07) is 2.75. The van der Waals surface area contributed by atoms with E-state index in [4.69, 9.17) is 9.52 Å². The van der Waals surface area contributed by atoms with E-state index < -0.39 is 5.97 Å². The van der Waals surface area contributed by atoms with Gasteiger partial charge >= 0.3 is 5.97 Å². The molecule has 0 radical (unpaired) electrons. The molecule has 0 unspecified atom stereocenters. The average molecular weight is 208 g/mol. The molecule has 1 heterocycles. The maximum atomic E-state index is 11.6. The molecule has 1 aliphatic carbocycles. The molecular weight excluding hydrogens is 196 g/mol. The number of carbonyl (C=O) groups is 2. The first kappa shape index (κ1) is 9.96. The van der Waals surface area contributed by atoms with Gasteiger partial charge in [0.1, 0.15) is 0 Å². The number of carboxylic acids is 1. The van der Waals surface area contributed by atoms with Crippen molar-refractivity contribution in [2.45, 2.75) is 25.7 Å². The van der Waals surface area contributed by atoms with Gasteiger partial charge in [0.25, 0.3) is 0 Å². The highest BCUT2D eigenvalue weighted by Crippen LogP contribution is 2.30. The van der Waals surface area contributed by atoms with Gasteiger partial charge in [0.2, 0.25) is 5.76 Å². The van der Waals surface area contributed by atoms with Crippen LogP contribution in [0.25, 0.3) is 0 Å². The fourth-order valence-corrected chi connectivity index (χ4v) is 1.66. The number of hydrogen-bond donors (Lipinski definition) is 1. The van der Waals surface area contributed by atoms with Gasteiger partial charge in [0.15, 0.2) is 11.5 Å². The second-order valence-electron chi connectivity index (χ2n) is 3.89. The summed E-state index contributed by atoms with van der Waals surface area (Å²) in [4.78, 5) is 22.1. The monoisotopic (exact) mass is 208 g/mol. The second-order valence-corrected chi connectivity index (χ2v) is 3.89. The van der Waals surface area contributed by atoms with Crippen molar-refractivity contribution in [1.29, 1.82) is 0 Å². The molecule has 1 fully saturated rings. The van der Waals surface area contributed by atoms with Gasteiger partial charge in [-0.3, -0.25) is 4.79 Å². The van der Waals surface area contributed by atoms with Crippen LogP contribution >= 0.6 is 0 Å². The predicted octanol–water partition coefficient (Wildman–Crippen LogP) is 2.35. The fraction of sp³-hybridized carbons (Fsp3) is 0.455. The lowest BCUT2D eigenvalue weighted by Crippen LogP contribution is -2.15. The number of carbonyl (C=O) groups excluding carboxylic acids is 1. The zero-order chi connectivity index (χ0) is 10.8. The van der Waals surface area contributed by atoms with Crippen LogP contribution in [0.2, 0.25) is 0 Å². The molecule has 1 aromatic heterocycles. The molecule has 0 bridgehead atoms. The van der Waals surface area contributed by atoms with Crippen molar-refractivity contribution in [3.8, 4) is 0 Å². The predicted molar refractivity (Wildman–Crippen MR) is 52.0 cm³/mol. The van der Waals surface area contributed by atoms with Crippen LogP contribution in [0.3, 0.4) is 0 Å². The summed E-state index contributed by atoms with van der Waals surface area (Å²) in [6.07, 6.45) is 3.86. The van der Waals surface area contributed by atoms with Crippen LogP contribution in [0.5, 0.6) is 0 Å². The molecule has 0 aliphatic heterocycles. The van der Waals surface area contributed by atoms with Gasteiger partial charge in [0, 0.05) is 6.42 Å². The SMILES string of the molecule is O=C(O)c1ccc(C(=O)CC2CCC2)o1. The lowest BCUT2D eigenvalue weighted by atomic mass is 9.81. The normalized spacial score (nSPS) is 16.0. The summed E-state index contributed by atoms with van der Waals surface area (Å²) >= 11 is 0. The van der Waals surface area contributed by atoms with Crippen LogP contribution in [0.1, 0.15) is 46.8 Å². The Hall–Kier alpha value is -1.58. The molecule has 0 aromatic carbocycles. The quantitative estimate of drug-likeness (QED) is 0.771. The average Bonchev–Trinajstić information content (AvgIpc) is 2.59. The Morgan fingerprint density at radius 1 is 1.33 bits per heavy atom. The number of ketones is 1. The fourth-order valence-electron chi connectivity index (χ4n) is 1.66. The highest BCUT2D eigenvalue weighted by molar-refractivity contribution is 5.95. The van der Waals surface area contributed by atoms with Crippen LogP contribution in [0.4, 0.5) is 0 Å². The van der Waals surface area contributed by atoms with Crippen molar-refractivity contribution >= 4 is 11.8 Å². The van der Waals surface area contributed by atoms with Crippen LogP contribution in [-0.4, -0.2) is 16.9 Å². The van der Waals surface area contributed by atoms with Gasteiger partial charge in [-0.2, -0.15) is 0 Å². The van der Waals surface area contributed by atoms with Gasteiger partial charge in [-0.05, 0) is 30.9 Å². The lowest BCUT2D eigenvalue weighted by molar-refractivity contribution is 0.0659. The van der Waals surface area contributed by atoms with Crippen molar-refractivity contribution in [2.24, 2.45) is 5.92 Å². The van der Waals surface area contributed by atoms with Crippen molar-refractivity contribution in [3.05, 3.63) is 23.7 Å². The molecule has 15 heavy (non-hydrogen) atoms. The summed E-state index contributed by atoms with van der Waals surface area (Å²) in [5, 5.41) is 8.61. The Balaban J connectivity index is 2.01. The number of hydrogen-bond acceptors (Lipinski definition) is 3. The van der Waals surface area contributed by atoms with Crippen LogP contribution in [-0.2, 0) is 0 Å². The highest BCUT2D eigenvalue weighted by atomic mass is 16.4. The molecule has 0 saturated heterocycles. The molecule has 1 aliphatic rings. The maximum Gasteiger partial charge on any atom is 0.371 e. The van der Waals surface area contributed by atoms with Crippen LogP contribution < -0.4 is 0 Å². The molecule has 80 valence electrons. The molecule has 2 rings (SSSR count). The highest BCUT2D eigenvalue weighted by Gasteiger charge is 2.23. The molecule has 0 spiro atoms. The summed E-state index contributed by atoms with van der Waals surface area (Å²) < 4.78 is 4.93. The molecule has 1 N–H and O–H groups in total. The van der Waals surface area contributed by atoms with Gasteiger partial charge in [-0.15, -0.1) is 0 Å². The first-order valence-electron chi connectivity index (χ1n) is 5.03. The zero-order valence-corrected chi connectivity index (χ0v) is 8.23. The largest absolute Gasteiger partial charge is 0.475 e. The number of Topliss-reactive ketones (excluding diaryl/α,β-unsaturated/α-hetero) is 1. The Kier molecular flexibility index (Phi) is 2.58. The van der Waals surface area contributed by atoms with E-state index in [0.29, 0.717) is 12.3 Å². The van der Waals surface area contributed by atoms with Gasteiger partial charge < -0.3 is 9.52 Å². The topological polar surface area (TPSA) is 67.5 Å². The van der Waals surface area contributed by atoms with E-state index in [1.165, 1.54) is 18.6 Å². The number of aromatic carboxylic acids is 1. The zero-order valence-electron chi connectivity index (χ0n) is 8.23. The molecule has 4 heteroatoms. The van der Waals surface area contributed by atoms with E-state index in [-0.39, 0.29) is 17.3 Å². The van der Waals surface area contributed by atoms with Crippen molar-refractivity contribution in [1.82, 2.24) is 0 Å². The van der Waals surface area contributed by atoms with E-state index >= 15 is 0 Å². The Morgan fingerprint density at radius 3 is 2.47 bits per heavy atom. The summed E-state index contributed by atoms with van der Waals surface area (Å²) in [6.45, 7) is 0. The molecule has 1 aromatic rings. The molecule has 4 nitrogen and oxygen atoms in total. The van der Waals surface area contributed by atoms with Gasteiger partial charge in [0.05, 0.1) is 0 Å². The minimum atomic E-state index is -1.14. The third kappa shape index (κ3) is 2.09. The Bertz CT molecular complexity index is 387. The first-order chi connectivity index (χ1) is 7.16. The van der Waals surface area contributed by atoms with Crippen molar-refractivity contribution in [2.75, 3.05) is 0 Å². The van der Waals surface area contributed by atoms with E-state index in [2.05, 4.69) is 0 Å². The first-order valence-corrected chi connectivity index (χ1v) is 5.03. The smallest absolute Gasteiger partial charge is 0.371 e. The van der Waals surface area contributed by atoms with E-state index in [9.17, 15) is 9.59 Å².